The summed E-state index contributed by atoms with van der Waals surface area (Å²) in [5.74, 6) is 1.56. The molecule has 0 saturated heterocycles. The summed E-state index contributed by atoms with van der Waals surface area (Å²) in [6.45, 7) is 5.19. The molecule has 0 spiro atoms. The summed E-state index contributed by atoms with van der Waals surface area (Å²) in [7, 11) is 3.23. The summed E-state index contributed by atoms with van der Waals surface area (Å²) in [4.78, 5) is 30.7. The molecular formula is C24H32N2O4S. The van der Waals surface area contributed by atoms with Gasteiger partial charge in [0.15, 0.2) is 11.5 Å². The number of nitrogens with zero attached hydrogens (tertiary/aromatic N) is 2. The molecule has 168 valence electrons. The summed E-state index contributed by atoms with van der Waals surface area (Å²) in [6, 6.07) is 9.86. The van der Waals surface area contributed by atoms with Crippen molar-refractivity contribution in [3.63, 3.8) is 0 Å². The lowest BCUT2D eigenvalue weighted by atomic mass is 10.1. The first-order valence-electron chi connectivity index (χ1n) is 10.7. The van der Waals surface area contributed by atoms with Gasteiger partial charge in [-0.3, -0.25) is 9.59 Å². The average molecular weight is 445 g/mol. The zero-order chi connectivity index (χ0) is 22.4. The van der Waals surface area contributed by atoms with Gasteiger partial charge in [-0.25, -0.2) is 0 Å². The number of methoxy groups -OCH3 is 2. The summed E-state index contributed by atoms with van der Waals surface area (Å²) < 4.78 is 10.7. The predicted octanol–water partition coefficient (Wildman–Crippen LogP) is 3.98. The van der Waals surface area contributed by atoms with Crippen molar-refractivity contribution in [2.75, 3.05) is 27.3 Å². The Morgan fingerprint density at radius 3 is 2.45 bits per heavy atom. The van der Waals surface area contributed by atoms with Crippen LogP contribution in [0, 0.1) is 5.92 Å². The van der Waals surface area contributed by atoms with E-state index in [0.717, 1.165) is 23.3 Å². The quantitative estimate of drug-likeness (QED) is 0.526. The monoisotopic (exact) mass is 444 g/mol. The third-order valence-electron chi connectivity index (χ3n) is 5.54. The Balaban J connectivity index is 1.71. The van der Waals surface area contributed by atoms with Crippen LogP contribution in [-0.4, -0.2) is 55.0 Å². The van der Waals surface area contributed by atoms with Gasteiger partial charge in [-0.1, -0.05) is 12.1 Å². The van der Waals surface area contributed by atoms with Gasteiger partial charge >= 0.3 is 0 Å². The van der Waals surface area contributed by atoms with E-state index in [1.165, 1.54) is 0 Å². The molecule has 2 aromatic rings. The summed E-state index contributed by atoms with van der Waals surface area (Å²) >= 11 is 1.64. The van der Waals surface area contributed by atoms with E-state index < -0.39 is 0 Å². The van der Waals surface area contributed by atoms with Crippen LogP contribution in [0.15, 0.2) is 35.7 Å². The molecule has 1 heterocycles. The molecule has 1 aliphatic rings. The lowest BCUT2D eigenvalue weighted by Crippen LogP contribution is -2.46. The Bertz CT molecular complexity index is 878. The minimum absolute atomic E-state index is 0.00601. The fraction of sp³-hybridized carbons (Fsp3) is 0.500. The molecule has 1 aromatic carbocycles. The Hall–Kier alpha value is -2.54. The molecule has 0 bridgehead atoms. The highest BCUT2D eigenvalue weighted by Crippen LogP contribution is 2.32. The SMILES string of the molecule is COc1ccc(CCN(Cc2cccs2)C(=O)CN(C(=O)C2CC2)C(C)C)cc1OC. The van der Waals surface area contributed by atoms with Crippen molar-refractivity contribution in [1.82, 2.24) is 9.80 Å². The van der Waals surface area contributed by atoms with Gasteiger partial charge in [-0.15, -0.1) is 11.3 Å². The van der Waals surface area contributed by atoms with E-state index in [-0.39, 0.29) is 30.3 Å². The number of hydrogen-bond acceptors (Lipinski definition) is 5. The van der Waals surface area contributed by atoms with E-state index in [0.29, 0.717) is 31.0 Å². The van der Waals surface area contributed by atoms with E-state index >= 15 is 0 Å². The van der Waals surface area contributed by atoms with Gasteiger partial charge in [0.25, 0.3) is 0 Å². The molecule has 3 rings (SSSR count). The molecule has 6 nitrogen and oxygen atoms in total. The Labute approximate surface area is 188 Å². The van der Waals surface area contributed by atoms with Crippen LogP contribution in [0.1, 0.15) is 37.1 Å². The van der Waals surface area contributed by atoms with Crippen molar-refractivity contribution in [3.05, 3.63) is 46.2 Å². The molecule has 0 radical (unpaired) electrons. The van der Waals surface area contributed by atoms with Crippen molar-refractivity contribution >= 4 is 23.2 Å². The molecular weight excluding hydrogens is 412 g/mol. The minimum Gasteiger partial charge on any atom is -0.493 e. The smallest absolute Gasteiger partial charge is 0.242 e. The van der Waals surface area contributed by atoms with Gasteiger partial charge in [0.05, 0.1) is 27.3 Å². The van der Waals surface area contributed by atoms with Crippen LogP contribution in [0.25, 0.3) is 0 Å². The maximum Gasteiger partial charge on any atom is 0.242 e. The first-order valence-corrected chi connectivity index (χ1v) is 11.6. The summed E-state index contributed by atoms with van der Waals surface area (Å²) in [5, 5.41) is 2.02. The third kappa shape index (κ3) is 6.23. The van der Waals surface area contributed by atoms with Crippen molar-refractivity contribution in [3.8, 4) is 11.5 Å². The topological polar surface area (TPSA) is 59.1 Å². The number of ether oxygens (including phenoxy) is 2. The van der Waals surface area contributed by atoms with Crippen LogP contribution in [0.3, 0.4) is 0 Å². The van der Waals surface area contributed by atoms with Crippen molar-refractivity contribution in [1.29, 1.82) is 0 Å². The zero-order valence-corrected chi connectivity index (χ0v) is 19.6. The Kier molecular flexibility index (Phi) is 7.96. The maximum atomic E-state index is 13.3. The van der Waals surface area contributed by atoms with Gasteiger partial charge in [-0.2, -0.15) is 0 Å². The van der Waals surface area contributed by atoms with Gasteiger partial charge in [0.2, 0.25) is 11.8 Å². The second-order valence-corrected chi connectivity index (χ2v) is 9.20. The number of carbonyl (C=O) groups excluding carboxylic acids is 2. The van der Waals surface area contributed by atoms with Crippen LogP contribution in [0.2, 0.25) is 0 Å². The van der Waals surface area contributed by atoms with Crippen molar-refractivity contribution in [2.45, 2.75) is 45.7 Å². The maximum absolute atomic E-state index is 13.3. The van der Waals surface area contributed by atoms with Gasteiger partial charge in [0.1, 0.15) is 0 Å². The molecule has 0 atom stereocenters. The van der Waals surface area contributed by atoms with Crippen LogP contribution < -0.4 is 9.47 Å². The fourth-order valence-corrected chi connectivity index (χ4v) is 4.23. The second kappa shape index (κ2) is 10.7. The molecule has 1 fully saturated rings. The molecule has 1 aromatic heterocycles. The number of amides is 2. The highest BCUT2D eigenvalue weighted by atomic mass is 32.1. The highest BCUT2D eigenvalue weighted by Gasteiger charge is 2.35. The standard InChI is InChI=1S/C24H32N2O4S/c1-17(2)26(24(28)19-8-9-19)16-23(27)25(15-20-6-5-13-31-20)12-11-18-7-10-21(29-3)22(14-18)30-4/h5-7,10,13-14,17,19H,8-9,11-12,15-16H2,1-4H3. The highest BCUT2D eigenvalue weighted by molar-refractivity contribution is 7.09. The number of carbonyl (C=O) groups is 2. The molecule has 0 N–H and O–H groups in total. The Morgan fingerprint density at radius 2 is 1.87 bits per heavy atom. The lowest BCUT2D eigenvalue weighted by molar-refractivity contribution is -0.143. The fourth-order valence-electron chi connectivity index (χ4n) is 3.51. The molecule has 1 aliphatic carbocycles. The molecule has 2 amide bonds. The van der Waals surface area contributed by atoms with E-state index in [1.54, 1.807) is 30.5 Å². The summed E-state index contributed by atoms with van der Waals surface area (Å²) in [6.07, 6.45) is 2.57. The van der Waals surface area contributed by atoms with Crippen LogP contribution in [-0.2, 0) is 22.6 Å². The van der Waals surface area contributed by atoms with Crippen molar-refractivity contribution in [2.24, 2.45) is 5.92 Å². The lowest BCUT2D eigenvalue weighted by Gasteiger charge is -2.30. The number of benzene rings is 1. The van der Waals surface area contributed by atoms with E-state index in [9.17, 15) is 9.59 Å². The molecule has 7 heteroatoms. The second-order valence-electron chi connectivity index (χ2n) is 8.17. The molecule has 31 heavy (non-hydrogen) atoms. The van der Waals surface area contributed by atoms with E-state index in [2.05, 4.69) is 0 Å². The van der Waals surface area contributed by atoms with E-state index in [4.69, 9.17) is 9.47 Å². The van der Waals surface area contributed by atoms with Gasteiger partial charge in [0, 0.05) is 23.4 Å². The van der Waals surface area contributed by atoms with E-state index in [1.807, 2.05) is 54.5 Å². The molecule has 1 saturated carbocycles. The summed E-state index contributed by atoms with van der Waals surface area (Å²) in [5.41, 5.74) is 1.07. The largest absolute Gasteiger partial charge is 0.493 e. The first kappa shape index (κ1) is 23.1. The minimum atomic E-state index is -0.0171. The average Bonchev–Trinajstić information content (AvgIpc) is 3.50. The predicted molar refractivity (Wildman–Crippen MR) is 123 cm³/mol. The van der Waals surface area contributed by atoms with Crippen molar-refractivity contribution < 1.29 is 19.1 Å². The van der Waals surface area contributed by atoms with Gasteiger partial charge in [-0.05, 0) is 62.3 Å². The molecule has 0 aliphatic heterocycles. The van der Waals surface area contributed by atoms with Crippen LogP contribution >= 0.6 is 11.3 Å². The normalized spacial score (nSPS) is 13.2. The number of thiophene rings is 1. The zero-order valence-electron chi connectivity index (χ0n) is 18.8. The van der Waals surface area contributed by atoms with Gasteiger partial charge < -0.3 is 19.3 Å². The first-order chi connectivity index (χ1) is 14.9. The number of hydrogen-bond donors (Lipinski definition) is 0. The molecule has 0 unspecified atom stereocenters. The number of rotatable bonds is 11. The van der Waals surface area contributed by atoms with Crippen LogP contribution in [0.5, 0.6) is 11.5 Å². The Morgan fingerprint density at radius 1 is 1.13 bits per heavy atom. The third-order valence-corrected chi connectivity index (χ3v) is 6.40. The van der Waals surface area contributed by atoms with Crippen LogP contribution in [0.4, 0.5) is 0 Å².